The van der Waals surface area contributed by atoms with E-state index in [0.717, 1.165) is 0 Å². The van der Waals surface area contributed by atoms with Crippen LogP contribution in [0.15, 0.2) is 53.7 Å². The van der Waals surface area contributed by atoms with Crippen molar-refractivity contribution >= 4 is 11.5 Å². The van der Waals surface area contributed by atoms with E-state index in [-0.39, 0.29) is 17.1 Å². The van der Waals surface area contributed by atoms with Crippen LogP contribution >= 0.6 is 0 Å². The number of nitrogens with one attached hydrogen (secondary N) is 1. The fourth-order valence-electron chi connectivity index (χ4n) is 2.31. The lowest BCUT2D eigenvalue weighted by atomic mass is 10.0. The van der Waals surface area contributed by atoms with E-state index in [9.17, 15) is 4.79 Å². The molecule has 7 heteroatoms. The number of ketones is 1. The van der Waals surface area contributed by atoms with Gasteiger partial charge in [0.25, 0.3) is 0 Å². The standard InChI is InChI=1S/C20H14N4O3/c1-26-18-7-6-14(9-19(18)27-2)20(25)13-4-3-5-16(8-13)24-17(12-23)15(10-21)11-22/h3-9,24H,1-2H3. The molecule has 0 aliphatic carbocycles. The van der Waals surface area contributed by atoms with Crippen molar-refractivity contribution in [2.45, 2.75) is 0 Å². The molecule has 0 unspecified atom stereocenters. The summed E-state index contributed by atoms with van der Waals surface area (Å²) in [6.45, 7) is 0. The Morgan fingerprint density at radius 3 is 2.15 bits per heavy atom. The third-order valence-electron chi connectivity index (χ3n) is 3.63. The van der Waals surface area contributed by atoms with Gasteiger partial charge >= 0.3 is 0 Å². The smallest absolute Gasteiger partial charge is 0.193 e. The van der Waals surface area contributed by atoms with Crippen LogP contribution in [0, 0.1) is 34.0 Å². The maximum atomic E-state index is 12.8. The lowest BCUT2D eigenvalue weighted by Gasteiger charge is -2.10. The zero-order valence-electron chi connectivity index (χ0n) is 14.6. The van der Waals surface area contributed by atoms with Gasteiger partial charge < -0.3 is 14.8 Å². The molecular weight excluding hydrogens is 344 g/mol. The Bertz CT molecular complexity index is 1020. The van der Waals surface area contributed by atoms with Crippen LogP contribution in [0.4, 0.5) is 5.69 Å². The van der Waals surface area contributed by atoms with Crippen molar-refractivity contribution in [3.8, 4) is 29.7 Å². The van der Waals surface area contributed by atoms with Crippen molar-refractivity contribution < 1.29 is 14.3 Å². The number of nitrogens with zero attached hydrogens (tertiary/aromatic N) is 3. The summed E-state index contributed by atoms with van der Waals surface area (Å²) in [5, 5.41) is 29.6. The fraction of sp³-hybridized carbons (Fsp3) is 0.100. The topological polar surface area (TPSA) is 119 Å². The largest absolute Gasteiger partial charge is 0.493 e. The molecule has 0 saturated heterocycles. The number of rotatable bonds is 6. The summed E-state index contributed by atoms with van der Waals surface area (Å²) < 4.78 is 10.4. The summed E-state index contributed by atoms with van der Waals surface area (Å²) in [5.74, 6) is 0.677. The third kappa shape index (κ3) is 4.22. The number of ether oxygens (including phenoxy) is 2. The van der Waals surface area contributed by atoms with E-state index in [1.807, 2.05) is 0 Å². The summed E-state index contributed by atoms with van der Waals surface area (Å²) in [6, 6.07) is 16.3. The molecule has 0 saturated carbocycles. The van der Waals surface area contributed by atoms with Crippen molar-refractivity contribution in [1.82, 2.24) is 0 Å². The molecule has 2 aromatic carbocycles. The number of hydrogen-bond donors (Lipinski definition) is 1. The first kappa shape index (κ1) is 19.1. The highest BCUT2D eigenvalue weighted by Crippen LogP contribution is 2.28. The number of anilines is 1. The lowest BCUT2D eigenvalue weighted by Crippen LogP contribution is -2.05. The molecule has 1 N–H and O–H groups in total. The van der Waals surface area contributed by atoms with E-state index in [2.05, 4.69) is 5.32 Å². The molecule has 0 aliphatic heterocycles. The van der Waals surface area contributed by atoms with Gasteiger partial charge in [-0.2, -0.15) is 15.8 Å². The molecule has 0 fully saturated rings. The number of methoxy groups -OCH3 is 2. The van der Waals surface area contributed by atoms with Crippen molar-refractivity contribution in [1.29, 1.82) is 15.8 Å². The van der Waals surface area contributed by atoms with Gasteiger partial charge in [-0.1, -0.05) is 12.1 Å². The number of benzene rings is 2. The minimum Gasteiger partial charge on any atom is -0.493 e. The first-order valence-electron chi connectivity index (χ1n) is 7.66. The van der Waals surface area contributed by atoms with Crippen molar-refractivity contribution in [3.05, 3.63) is 64.9 Å². The Balaban J connectivity index is 2.37. The Labute approximate surface area is 156 Å². The Kier molecular flexibility index (Phi) is 6.15. The lowest BCUT2D eigenvalue weighted by molar-refractivity contribution is 0.103. The minimum atomic E-state index is -0.339. The van der Waals surface area contributed by atoms with Gasteiger partial charge in [0.2, 0.25) is 0 Å². The highest BCUT2D eigenvalue weighted by atomic mass is 16.5. The zero-order valence-corrected chi connectivity index (χ0v) is 14.6. The van der Waals surface area contributed by atoms with E-state index < -0.39 is 0 Å². The quantitative estimate of drug-likeness (QED) is 0.622. The number of carbonyl (C=O) groups is 1. The molecule has 0 atom stereocenters. The highest BCUT2D eigenvalue weighted by molar-refractivity contribution is 6.09. The van der Waals surface area contributed by atoms with E-state index in [1.54, 1.807) is 54.6 Å². The van der Waals surface area contributed by atoms with Gasteiger partial charge in [-0.05, 0) is 30.3 Å². The van der Waals surface area contributed by atoms with Gasteiger partial charge in [0.1, 0.15) is 23.9 Å². The SMILES string of the molecule is COc1ccc(C(=O)c2cccc(NC(C#N)=C(C#N)C#N)c2)cc1OC. The van der Waals surface area contributed by atoms with Crippen LogP contribution in [0.3, 0.4) is 0 Å². The van der Waals surface area contributed by atoms with Crippen LogP contribution in [0.2, 0.25) is 0 Å². The average molecular weight is 358 g/mol. The molecule has 132 valence electrons. The van der Waals surface area contributed by atoms with Gasteiger partial charge in [-0.25, -0.2) is 0 Å². The van der Waals surface area contributed by atoms with E-state index >= 15 is 0 Å². The second-order valence-electron chi connectivity index (χ2n) is 5.19. The second-order valence-corrected chi connectivity index (χ2v) is 5.19. The predicted octanol–water partition coefficient (Wildman–Crippen LogP) is 3.17. The second kappa shape index (κ2) is 8.71. The number of carbonyl (C=O) groups excluding carboxylic acids is 1. The highest BCUT2D eigenvalue weighted by Gasteiger charge is 2.14. The molecule has 0 aliphatic rings. The molecule has 0 heterocycles. The van der Waals surface area contributed by atoms with Crippen LogP contribution in [-0.2, 0) is 0 Å². The Morgan fingerprint density at radius 2 is 1.56 bits per heavy atom. The van der Waals surface area contributed by atoms with Gasteiger partial charge in [0.05, 0.1) is 14.2 Å². The molecule has 2 rings (SSSR count). The van der Waals surface area contributed by atoms with Crippen LogP contribution in [0.1, 0.15) is 15.9 Å². The van der Waals surface area contributed by atoms with Gasteiger partial charge in [-0.3, -0.25) is 4.79 Å². The molecule has 0 spiro atoms. The molecule has 2 aromatic rings. The van der Waals surface area contributed by atoms with Crippen LogP contribution in [0.25, 0.3) is 0 Å². The summed E-state index contributed by atoms with van der Waals surface area (Å²) in [4.78, 5) is 12.8. The summed E-state index contributed by atoms with van der Waals surface area (Å²) in [6.07, 6.45) is 0. The molecule has 0 aromatic heterocycles. The predicted molar refractivity (Wildman–Crippen MR) is 96.9 cm³/mol. The number of hydrogen-bond acceptors (Lipinski definition) is 7. The summed E-state index contributed by atoms with van der Waals surface area (Å²) >= 11 is 0. The zero-order chi connectivity index (χ0) is 19.8. The average Bonchev–Trinajstić information content (AvgIpc) is 2.72. The van der Waals surface area contributed by atoms with E-state index in [1.165, 1.54) is 20.3 Å². The van der Waals surface area contributed by atoms with E-state index in [4.69, 9.17) is 25.3 Å². The molecule has 0 bridgehead atoms. The first-order valence-corrected chi connectivity index (χ1v) is 7.66. The summed E-state index contributed by atoms with van der Waals surface area (Å²) in [7, 11) is 2.99. The fourth-order valence-corrected chi connectivity index (χ4v) is 2.31. The van der Waals surface area contributed by atoms with Crippen LogP contribution < -0.4 is 14.8 Å². The Hall–Kier alpha value is -4.28. The van der Waals surface area contributed by atoms with Gasteiger partial charge in [-0.15, -0.1) is 0 Å². The molecular formula is C20H14N4O3. The monoisotopic (exact) mass is 358 g/mol. The normalized spacial score (nSPS) is 9.15. The van der Waals surface area contributed by atoms with Crippen LogP contribution in [-0.4, -0.2) is 20.0 Å². The van der Waals surface area contributed by atoms with E-state index in [0.29, 0.717) is 28.3 Å². The van der Waals surface area contributed by atoms with Crippen molar-refractivity contribution in [3.63, 3.8) is 0 Å². The van der Waals surface area contributed by atoms with Crippen molar-refractivity contribution in [2.75, 3.05) is 19.5 Å². The molecule has 27 heavy (non-hydrogen) atoms. The molecule has 7 nitrogen and oxygen atoms in total. The molecule has 0 radical (unpaired) electrons. The molecule has 0 amide bonds. The van der Waals surface area contributed by atoms with Crippen molar-refractivity contribution in [2.24, 2.45) is 0 Å². The van der Waals surface area contributed by atoms with Crippen LogP contribution in [0.5, 0.6) is 11.5 Å². The third-order valence-corrected chi connectivity index (χ3v) is 3.63. The number of allylic oxidation sites excluding steroid dienone is 2. The first-order chi connectivity index (χ1) is 13.1. The van der Waals surface area contributed by atoms with Gasteiger partial charge in [0.15, 0.2) is 22.9 Å². The number of nitriles is 3. The maximum absolute atomic E-state index is 12.8. The summed E-state index contributed by atoms with van der Waals surface area (Å²) in [5.41, 5.74) is 0.640. The minimum absolute atomic E-state index is 0.185. The maximum Gasteiger partial charge on any atom is 0.193 e. The Morgan fingerprint density at radius 1 is 0.889 bits per heavy atom. The van der Waals surface area contributed by atoms with Gasteiger partial charge in [0, 0.05) is 16.8 Å².